The smallest absolute Gasteiger partial charge is 0.416 e. The summed E-state index contributed by atoms with van der Waals surface area (Å²) in [7, 11) is 0. The third-order valence-corrected chi connectivity index (χ3v) is 6.74. The summed E-state index contributed by atoms with van der Waals surface area (Å²) in [6.07, 6.45) is -1.51. The lowest BCUT2D eigenvalue weighted by atomic mass is 9.83. The van der Waals surface area contributed by atoms with Gasteiger partial charge in [-0.15, -0.1) is 0 Å². The van der Waals surface area contributed by atoms with E-state index in [4.69, 9.17) is 4.74 Å². The van der Waals surface area contributed by atoms with E-state index in [1.807, 2.05) is 26.8 Å². The maximum absolute atomic E-state index is 13.3. The molecule has 0 radical (unpaired) electrons. The number of nitrogens with one attached hydrogen (secondary N) is 2. The highest BCUT2D eigenvalue weighted by molar-refractivity contribution is 6.05. The molecule has 0 unspecified atom stereocenters. The minimum absolute atomic E-state index is 0.130. The lowest BCUT2D eigenvalue weighted by Gasteiger charge is -2.39. The number of urea groups is 1. The van der Waals surface area contributed by atoms with E-state index in [1.54, 1.807) is 17.0 Å². The van der Waals surface area contributed by atoms with Crippen LogP contribution in [0.4, 0.5) is 29.3 Å². The van der Waals surface area contributed by atoms with E-state index in [1.165, 1.54) is 12.1 Å². The number of nitrogens with zero attached hydrogens (tertiary/aromatic N) is 1. The van der Waals surface area contributed by atoms with E-state index in [0.717, 1.165) is 17.7 Å². The summed E-state index contributed by atoms with van der Waals surface area (Å²) in [5.74, 6) is -0.281. The number of carbonyl (C=O) groups is 2. The summed E-state index contributed by atoms with van der Waals surface area (Å²) in [5.41, 5.74) is 1.70. The van der Waals surface area contributed by atoms with Gasteiger partial charge in [-0.05, 0) is 55.2 Å². The van der Waals surface area contributed by atoms with Gasteiger partial charge in [-0.1, -0.05) is 26.0 Å². The zero-order valence-electron chi connectivity index (χ0n) is 19.9. The molecule has 2 aromatic carbocycles. The van der Waals surface area contributed by atoms with Crippen molar-refractivity contribution < 1.29 is 27.5 Å². The molecule has 0 aliphatic carbocycles. The molecule has 2 N–H and O–H groups in total. The second-order valence-electron chi connectivity index (χ2n) is 8.85. The van der Waals surface area contributed by atoms with Crippen LogP contribution in [0, 0.1) is 0 Å². The topological polar surface area (TPSA) is 70.7 Å². The Labute approximate surface area is 202 Å². The van der Waals surface area contributed by atoms with Crippen molar-refractivity contribution in [1.29, 1.82) is 0 Å². The fourth-order valence-electron chi connectivity index (χ4n) is 4.51. The predicted molar refractivity (Wildman–Crippen MR) is 128 cm³/mol. The highest BCUT2D eigenvalue weighted by Crippen LogP contribution is 2.45. The standard InChI is InChI=1S/C26H28F3N3O3/c1-4-25(5-2)14-17(20-10-8-18(26(27,28)29)12-22(20)35-25)11-23(33)30-19-9-7-16-15-32(6-3)24(34)31-21(16)13-19/h7-13H,4-6,14-15H2,1-3H3,(H,30,33)(H,31,34). The molecule has 6 nitrogen and oxygen atoms in total. The zero-order chi connectivity index (χ0) is 25.4. The Morgan fingerprint density at radius 2 is 1.91 bits per heavy atom. The summed E-state index contributed by atoms with van der Waals surface area (Å²) >= 11 is 0. The van der Waals surface area contributed by atoms with E-state index in [0.29, 0.717) is 54.9 Å². The molecule has 0 saturated heterocycles. The van der Waals surface area contributed by atoms with Gasteiger partial charge in [0.1, 0.15) is 11.4 Å². The summed E-state index contributed by atoms with van der Waals surface area (Å²) < 4.78 is 45.9. The number of ether oxygens (including phenoxy) is 1. The Morgan fingerprint density at radius 3 is 2.57 bits per heavy atom. The van der Waals surface area contributed by atoms with Gasteiger partial charge >= 0.3 is 12.2 Å². The molecule has 0 saturated carbocycles. The van der Waals surface area contributed by atoms with Gasteiger partial charge in [0.2, 0.25) is 5.91 Å². The highest BCUT2D eigenvalue weighted by Gasteiger charge is 2.38. The van der Waals surface area contributed by atoms with E-state index in [-0.39, 0.29) is 11.8 Å². The van der Waals surface area contributed by atoms with Crippen LogP contribution in [0.25, 0.3) is 5.57 Å². The Morgan fingerprint density at radius 1 is 1.17 bits per heavy atom. The first-order valence-electron chi connectivity index (χ1n) is 11.7. The second kappa shape index (κ2) is 9.28. The lowest BCUT2D eigenvalue weighted by Crippen LogP contribution is -2.38. The number of alkyl halides is 3. The molecule has 2 aliphatic heterocycles. The van der Waals surface area contributed by atoms with Crippen molar-refractivity contribution in [2.45, 2.75) is 58.4 Å². The van der Waals surface area contributed by atoms with Gasteiger partial charge in [0.15, 0.2) is 0 Å². The SMILES string of the molecule is CCN1Cc2ccc(NC(=O)C=C3CC(CC)(CC)Oc4cc(C(F)(F)F)ccc43)cc2NC1=O. The van der Waals surface area contributed by atoms with Crippen LogP contribution in [-0.4, -0.2) is 29.0 Å². The molecule has 2 aliphatic rings. The average Bonchev–Trinajstić information content (AvgIpc) is 2.82. The van der Waals surface area contributed by atoms with Gasteiger partial charge in [-0.3, -0.25) is 4.79 Å². The van der Waals surface area contributed by atoms with Crippen LogP contribution < -0.4 is 15.4 Å². The van der Waals surface area contributed by atoms with Crippen molar-refractivity contribution in [2.75, 3.05) is 17.2 Å². The first-order chi connectivity index (χ1) is 16.6. The predicted octanol–water partition coefficient (Wildman–Crippen LogP) is 6.44. The fraction of sp³-hybridized carbons (Fsp3) is 0.385. The number of hydrogen-bond acceptors (Lipinski definition) is 3. The van der Waals surface area contributed by atoms with Crippen LogP contribution in [-0.2, 0) is 17.5 Å². The fourth-order valence-corrected chi connectivity index (χ4v) is 4.51. The second-order valence-corrected chi connectivity index (χ2v) is 8.85. The molecule has 3 amide bonds. The summed E-state index contributed by atoms with van der Waals surface area (Å²) in [5, 5.41) is 5.63. The van der Waals surface area contributed by atoms with Gasteiger partial charge in [0.25, 0.3) is 0 Å². The average molecular weight is 488 g/mol. The van der Waals surface area contributed by atoms with E-state index in [2.05, 4.69) is 10.6 Å². The van der Waals surface area contributed by atoms with Gasteiger partial charge < -0.3 is 20.3 Å². The number of hydrogen-bond donors (Lipinski definition) is 2. The lowest BCUT2D eigenvalue weighted by molar-refractivity contribution is -0.137. The number of carbonyl (C=O) groups excluding carboxylic acids is 2. The molecule has 0 atom stereocenters. The third kappa shape index (κ3) is 4.99. The van der Waals surface area contributed by atoms with Crippen molar-refractivity contribution in [3.05, 3.63) is 59.2 Å². The maximum Gasteiger partial charge on any atom is 0.416 e. The van der Waals surface area contributed by atoms with Gasteiger partial charge in [-0.2, -0.15) is 13.2 Å². The van der Waals surface area contributed by atoms with Crippen LogP contribution >= 0.6 is 0 Å². The molecule has 35 heavy (non-hydrogen) atoms. The van der Waals surface area contributed by atoms with Gasteiger partial charge in [0, 0.05) is 42.5 Å². The van der Waals surface area contributed by atoms with Crippen LogP contribution in [0.15, 0.2) is 42.5 Å². The van der Waals surface area contributed by atoms with Crippen LogP contribution in [0.5, 0.6) is 5.75 Å². The van der Waals surface area contributed by atoms with E-state index >= 15 is 0 Å². The molecule has 9 heteroatoms. The number of fused-ring (bicyclic) bond motifs is 2. The van der Waals surface area contributed by atoms with Crippen molar-refractivity contribution >= 4 is 28.9 Å². The minimum atomic E-state index is -4.49. The molecule has 2 heterocycles. The number of benzene rings is 2. The van der Waals surface area contributed by atoms with Crippen molar-refractivity contribution in [2.24, 2.45) is 0 Å². The first kappa shape index (κ1) is 24.6. The van der Waals surface area contributed by atoms with Crippen molar-refractivity contribution in [1.82, 2.24) is 4.90 Å². The maximum atomic E-state index is 13.3. The molecule has 0 aromatic heterocycles. The number of halogens is 3. The Bertz CT molecular complexity index is 1190. The number of amides is 3. The molecule has 186 valence electrons. The molecule has 4 rings (SSSR count). The normalized spacial score (nSPS) is 17.8. The summed E-state index contributed by atoms with van der Waals surface area (Å²) in [6.45, 7) is 6.81. The first-order valence-corrected chi connectivity index (χ1v) is 11.7. The Kier molecular flexibility index (Phi) is 6.53. The van der Waals surface area contributed by atoms with Crippen molar-refractivity contribution in [3.8, 4) is 5.75 Å². The molecular formula is C26H28F3N3O3. The summed E-state index contributed by atoms with van der Waals surface area (Å²) in [4.78, 5) is 26.7. The monoisotopic (exact) mass is 487 g/mol. The summed E-state index contributed by atoms with van der Waals surface area (Å²) in [6, 6.07) is 8.49. The molecule has 0 fully saturated rings. The van der Waals surface area contributed by atoms with Gasteiger partial charge in [0.05, 0.1) is 5.56 Å². The van der Waals surface area contributed by atoms with E-state index < -0.39 is 23.2 Å². The Balaban J connectivity index is 1.62. The van der Waals surface area contributed by atoms with Gasteiger partial charge in [-0.25, -0.2) is 4.79 Å². The Hall–Kier alpha value is -3.49. The molecule has 2 aromatic rings. The van der Waals surface area contributed by atoms with Crippen LogP contribution in [0.1, 0.15) is 56.7 Å². The third-order valence-electron chi connectivity index (χ3n) is 6.74. The van der Waals surface area contributed by atoms with Crippen LogP contribution in [0.3, 0.4) is 0 Å². The van der Waals surface area contributed by atoms with E-state index in [9.17, 15) is 22.8 Å². The number of anilines is 2. The minimum Gasteiger partial charge on any atom is -0.486 e. The number of rotatable bonds is 5. The molecular weight excluding hydrogens is 459 g/mol. The quantitative estimate of drug-likeness (QED) is 0.477. The van der Waals surface area contributed by atoms with Crippen LogP contribution in [0.2, 0.25) is 0 Å². The molecule has 0 spiro atoms. The van der Waals surface area contributed by atoms with Crippen molar-refractivity contribution in [3.63, 3.8) is 0 Å². The zero-order valence-corrected chi connectivity index (χ0v) is 19.9. The molecule has 0 bridgehead atoms. The largest absolute Gasteiger partial charge is 0.486 e. The highest BCUT2D eigenvalue weighted by atomic mass is 19.4.